The molecule has 2 aromatic heterocycles. The molecule has 0 fully saturated rings. The fraction of sp³-hybridized carbons (Fsp3) is 0.150. The highest BCUT2D eigenvalue weighted by molar-refractivity contribution is 7.98. The van der Waals surface area contributed by atoms with Crippen LogP contribution in [0.2, 0.25) is 0 Å². The number of aryl methyl sites for hydroxylation is 1. The highest BCUT2D eigenvalue weighted by Crippen LogP contribution is 2.25. The fourth-order valence-electron chi connectivity index (χ4n) is 2.54. The number of carbonyl (C=O) groups excluding carboxylic acids is 1. The molecule has 8 nitrogen and oxygen atoms in total. The summed E-state index contributed by atoms with van der Waals surface area (Å²) in [5.41, 5.74) is 0.979. The minimum atomic E-state index is -0.487. The van der Waals surface area contributed by atoms with Crippen LogP contribution in [0.5, 0.6) is 0 Å². The van der Waals surface area contributed by atoms with E-state index in [-0.39, 0.29) is 24.4 Å². The van der Waals surface area contributed by atoms with Crippen LogP contribution in [-0.4, -0.2) is 26.2 Å². The van der Waals surface area contributed by atoms with E-state index in [1.807, 2.05) is 30.3 Å². The molecule has 0 aliphatic carbocycles. The van der Waals surface area contributed by atoms with E-state index in [1.54, 1.807) is 12.1 Å². The number of benzene rings is 2. The number of amides is 1. The van der Waals surface area contributed by atoms with E-state index in [0.717, 1.165) is 5.56 Å². The Morgan fingerprint density at radius 3 is 2.70 bits per heavy atom. The van der Waals surface area contributed by atoms with Gasteiger partial charge in [-0.15, -0.1) is 10.2 Å². The molecule has 0 saturated heterocycles. The SMILES string of the molecule is O=C(CCc1nc(CSc2nnc(-c3ccccc3)o2)no1)Nc1ccccc1F. The maximum Gasteiger partial charge on any atom is 0.277 e. The molecule has 30 heavy (non-hydrogen) atoms. The predicted molar refractivity (Wildman–Crippen MR) is 107 cm³/mol. The number of para-hydroxylation sites is 1. The normalized spacial score (nSPS) is 10.8. The van der Waals surface area contributed by atoms with Crippen LogP contribution in [0.25, 0.3) is 11.5 Å². The molecule has 0 radical (unpaired) electrons. The van der Waals surface area contributed by atoms with Gasteiger partial charge in [0.25, 0.3) is 5.22 Å². The topological polar surface area (TPSA) is 107 Å². The van der Waals surface area contributed by atoms with E-state index in [1.165, 1.54) is 23.9 Å². The molecule has 4 rings (SSSR count). The molecule has 0 bridgehead atoms. The lowest BCUT2D eigenvalue weighted by atomic mass is 10.2. The second kappa shape index (κ2) is 9.31. The van der Waals surface area contributed by atoms with Gasteiger partial charge in [0, 0.05) is 18.4 Å². The lowest BCUT2D eigenvalue weighted by molar-refractivity contribution is -0.116. The van der Waals surface area contributed by atoms with Crippen molar-refractivity contribution in [2.24, 2.45) is 0 Å². The number of hydrogen-bond acceptors (Lipinski definition) is 8. The first kappa shape index (κ1) is 19.8. The van der Waals surface area contributed by atoms with Gasteiger partial charge in [-0.05, 0) is 24.3 Å². The van der Waals surface area contributed by atoms with Gasteiger partial charge in [-0.3, -0.25) is 4.79 Å². The number of hydrogen-bond donors (Lipinski definition) is 1. The summed E-state index contributed by atoms with van der Waals surface area (Å²) in [6.45, 7) is 0. The first-order chi connectivity index (χ1) is 14.7. The van der Waals surface area contributed by atoms with Crippen molar-refractivity contribution < 1.29 is 18.1 Å². The van der Waals surface area contributed by atoms with E-state index in [2.05, 4.69) is 25.7 Å². The molecule has 1 N–H and O–H groups in total. The molecular formula is C20H16FN5O3S. The summed E-state index contributed by atoms with van der Waals surface area (Å²) >= 11 is 1.28. The molecule has 0 spiro atoms. The third-order valence-electron chi connectivity index (χ3n) is 3.98. The highest BCUT2D eigenvalue weighted by Gasteiger charge is 2.13. The number of rotatable bonds is 8. The van der Waals surface area contributed by atoms with Gasteiger partial charge in [0.15, 0.2) is 5.82 Å². The van der Waals surface area contributed by atoms with Crippen LogP contribution in [-0.2, 0) is 17.0 Å². The maximum atomic E-state index is 13.6. The van der Waals surface area contributed by atoms with Crippen molar-refractivity contribution in [2.75, 3.05) is 5.32 Å². The summed E-state index contributed by atoms with van der Waals surface area (Å²) in [6.07, 6.45) is 0.337. The van der Waals surface area contributed by atoms with Gasteiger partial charge in [-0.1, -0.05) is 47.3 Å². The average Bonchev–Trinajstić information content (AvgIpc) is 3.43. The van der Waals surface area contributed by atoms with Crippen molar-refractivity contribution >= 4 is 23.4 Å². The van der Waals surface area contributed by atoms with Crippen LogP contribution < -0.4 is 5.32 Å². The molecular weight excluding hydrogens is 409 g/mol. The second-order valence-electron chi connectivity index (χ2n) is 6.16. The van der Waals surface area contributed by atoms with E-state index in [4.69, 9.17) is 8.94 Å². The lowest BCUT2D eigenvalue weighted by Crippen LogP contribution is -2.13. The van der Waals surface area contributed by atoms with Crippen molar-refractivity contribution in [1.29, 1.82) is 0 Å². The Morgan fingerprint density at radius 1 is 1.07 bits per heavy atom. The van der Waals surface area contributed by atoms with Gasteiger partial charge in [0.05, 0.1) is 11.4 Å². The standard InChI is InChI=1S/C20H16FN5O3S/c21-14-8-4-5-9-15(14)22-17(27)10-11-18-23-16(26-29-18)12-30-20-25-24-19(28-20)13-6-2-1-3-7-13/h1-9H,10-12H2,(H,22,27). The summed E-state index contributed by atoms with van der Waals surface area (Å²) < 4.78 is 24.3. The Labute approximate surface area is 174 Å². The largest absolute Gasteiger partial charge is 0.411 e. The van der Waals surface area contributed by atoms with Crippen LogP contribution in [0.4, 0.5) is 10.1 Å². The quantitative estimate of drug-likeness (QED) is 0.420. The first-order valence-corrected chi connectivity index (χ1v) is 10.0. The fourth-order valence-corrected chi connectivity index (χ4v) is 3.14. The Hall–Kier alpha value is -3.53. The molecule has 1 amide bonds. The van der Waals surface area contributed by atoms with Crippen molar-refractivity contribution in [3.8, 4) is 11.5 Å². The highest BCUT2D eigenvalue weighted by atomic mass is 32.2. The van der Waals surface area contributed by atoms with Gasteiger partial charge >= 0.3 is 0 Å². The molecule has 152 valence electrons. The van der Waals surface area contributed by atoms with Crippen molar-refractivity contribution in [2.45, 2.75) is 23.8 Å². The van der Waals surface area contributed by atoms with E-state index >= 15 is 0 Å². The zero-order valence-corrected chi connectivity index (χ0v) is 16.4. The Kier molecular flexibility index (Phi) is 6.14. The minimum absolute atomic E-state index is 0.0905. The molecule has 0 saturated carbocycles. The molecule has 2 heterocycles. The minimum Gasteiger partial charge on any atom is -0.411 e. The summed E-state index contributed by atoms with van der Waals surface area (Å²) in [7, 11) is 0. The zero-order valence-electron chi connectivity index (χ0n) is 15.6. The molecule has 0 aliphatic rings. The molecule has 2 aromatic carbocycles. The molecule has 0 aliphatic heterocycles. The summed E-state index contributed by atoms with van der Waals surface area (Å²) in [5.74, 6) is 0.760. The summed E-state index contributed by atoms with van der Waals surface area (Å²) in [5, 5.41) is 14.8. The van der Waals surface area contributed by atoms with Crippen LogP contribution in [0.15, 0.2) is 68.8 Å². The smallest absolute Gasteiger partial charge is 0.277 e. The molecule has 10 heteroatoms. The Bertz CT molecular complexity index is 1130. The number of carbonyl (C=O) groups is 1. The number of nitrogens with one attached hydrogen (secondary N) is 1. The van der Waals surface area contributed by atoms with Gasteiger partial charge in [-0.25, -0.2) is 4.39 Å². The van der Waals surface area contributed by atoms with E-state index in [9.17, 15) is 9.18 Å². The average molecular weight is 425 g/mol. The van der Waals surface area contributed by atoms with Crippen LogP contribution >= 0.6 is 11.8 Å². The monoisotopic (exact) mass is 425 g/mol. The summed E-state index contributed by atoms with van der Waals surface area (Å²) in [4.78, 5) is 16.2. The van der Waals surface area contributed by atoms with Crippen molar-refractivity contribution in [1.82, 2.24) is 20.3 Å². The van der Waals surface area contributed by atoms with Gasteiger partial charge in [-0.2, -0.15) is 4.98 Å². The van der Waals surface area contributed by atoms with Gasteiger partial charge < -0.3 is 14.3 Å². The Morgan fingerprint density at radius 2 is 1.87 bits per heavy atom. The summed E-state index contributed by atoms with van der Waals surface area (Å²) in [6, 6.07) is 15.4. The first-order valence-electron chi connectivity index (χ1n) is 9.05. The number of nitrogens with zero attached hydrogens (tertiary/aromatic N) is 4. The number of thioether (sulfide) groups is 1. The van der Waals surface area contributed by atoms with Crippen LogP contribution in [0.1, 0.15) is 18.1 Å². The molecule has 0 atom stereocenters. The van der Waals surface area contributed by atoms with E-state index < -0.39 is 5.82 Å². The second-order valence-corrected chi connectivity index (χ2v) is 7.09. The third kappa shape index (κ3) is 5.09. The van der Waals surface area contributed by atoms with Gasteiger partial charge in [0.2, 0.25) is 17.7 Å². The lowest BCUT2D eigenvalue weighted by Gasteiger charge is -2.04. The van der Waals surface area contributed by atoms with Crippen LogP contribution in [0, 0.1) is 5.82 Å². The zero-order chi connectivity index (χ0) is 20.8. The Balaban J connectivity index is 1.26. The van der Waals surface area contributed by atoms with E-state index in [0.29, 0.717) is 28.6 Å². The number of anilines is 1. The van der Waals surface area contributed by atoms with Crippen LogP contribution in [0.3, 0.4) is 0 Å². The van der Waals surface area contributed by atoms with Crippen molar-refractivity contribution in [3.05, 3.63) is 72.1 Å². The predicted octanol–water partition coefficient (Wildman–Crippen LogP) is 4.12. The molecule has 0 unspecified atom stereocenters. The van der Waals surface area contributed by atoms with Gasteiger partial charge in [0.1, 0.15) is 5.82 Å². The molecule has 4 aromatic rings. The number of halogens is 1. The maximum absolute atomic E-state index is 13.6. The number of aromatic nitrogens is 4. The third-order valence-corrected chi connectivity index (χ3v) is 4.79. The van der Waals surface area contributed by atoms with Crippen molar-refractivity contribution in [3.63, 3.8) is 0 Å².